The van der Waals surface area contributed by atoms with Gasteiger partial charge in [0.15, 0.2) is 11.6 Å². The van der Waals surface area contributed by atoms with Crippen molar-refractivity contribution in [2.75, 3.05) is 11.9 Å². The molecule has 174 valence electrons. The summed E-state index contributed by atoms with van der Waals surface area (Å²) in [6.07, 6.45) is 1.35. The van der Waals surface area contributed by atoms with Crippen LogP contribution in [-0.2, 0) is 4.74 Å². The fourth-order valence-electron chi connectivity index (χ4n) is 3.75. The van der Waals surface area contributed by atoms with Crippen molar-refractivity contribution in [1.82, 2.24) is 14.8 Å². The van der Waals surface area contributed by atoms with Gasteiger partial charge in [0.25, 0.3) is 5.91 Å². The molecule has 0 saturated heterocycles. The second-order valence-corrected chi connectivity index (χ2v) is 8.71. The Hall–Kier alpha value is -3.42. The highest BCUT2D eigenvalue weighted by atomic mass is 35.5. The van der Waals surface area contributed by atoms with Gasteiger partial charge in [-0.15, -0.1) is 0 Å². The van der Waals surface area contributed by atoms with Gasteiger partial charge >= 0.3 is 5.97 Å². The van der Waals surface area contributed by atoms with Crippen LogP contribution in [0, 0.1) is 20.8 Å². The lowest BCUT2D eigenvalue weighted by Gasteiger charge is -2.13. The summed E-state index contributed by atoms with van der Waals surface area (Å²) in [5.74, 6) is -0.500. The molecule has 4 rings (SSSR count). The normalized spacial score (nSPS) is 11.0. The van der Waals surface area contributed by atoms with Gasteiger partial charge in [-0.3, -0.25) is 4.79 Å². The number of nitrogens with one attached hydrogen (secondary N) is 1. The maximum atomic E-state index is 13.0. The smallest absolute Gasteiger partial charge is 0.343 e. The predicted molar refractivity (Wildman–Crippen MR) is 133 cm³/mol. The van der Waals surface area contributed by atoms with Crippen molar-refractivity contribution in [3.63, 3.8) is 0 Å². The minimum atomic E-state index is -0.609. The molecule has 0 unspecified atom stereocenters. The van der Waals surface area contributed by atoms with Crippen LogP contribution in [0.3, 0.4) is 0 Å². The first-order chi connectivity index (χ1) is 16.2. The molecule has 34 heavy (non-hydrogen) atoms. The van der Waals surface area contributed by atoms with E-state index in [0.717, 1.165) is 27.6 Å². The molecule has 2 aromatic heterocycles. The maximum Gasteiger partial charge on any atom is 0.343 e. The quantitative estimate of drug-likeness (QED) is 0.338. The minimum absolute atomic E-state index is 0.107. The van der Waals surface area contributed by atoms with Crippen LogP contribution < -0.4 is 5.32 Å². The van der Waals surface area contributed by atoms with Gasteiger partial charge in [0.2, 0.25) is 0 Å². The number of rotatable bonds is 5. The van der Waals surface area contributed by atoms with E-state index in [9.17, 15) is 9.59 Å². The van der Waals surface area contributed by atoms with Gasteiger partial charge in [-0.05, 0) is 69.2 Å². The number of aryl methyl sites for hydroxylation is 3. The van der Waals surface area contributed by atoms with Crippen LogP contribution in [0.2, 0.25) is 10.0 Å². The average molecular weight is 497 g/mol. The number of aromatic nitrogens is 3. The van der Waals surface area contributed by atoms with Gasteiger partial charge in [-0.2, -0.15) is 9.78 Å². The second kappa shape index (κ2) is 9.44. The van der Waals surface area contributed by atoms with Crippen molar-refractivity contribution in [3.8, 4) is 5.82 Å². The Bertz CT molecular complexity index is 1450. The lowest BCUT2D eigenvalue weighted by Crippen LogP contribution is -2.18. The molecule has 0 aliphatic carbocycles. The van der Waals surface area contributed by atoms with Gasteiger partial charge in [-0.1, -0.05) is 34.8 Å². The molecule has 0 atom stereocenters. The van der Waals surface area contributed by atoms with Gasteiger partial charge in [0, 0.05) is 10.9 Å². The first-order valence-corrected chi connectivity index (χ1v) is 11.4. The number of benzene rings is 2. The summed E-state index contributed by atoms with van der Waals surface area (Å²) in [7, 11) is 0. The number of pyridine rings is 1. The molecule has 9 heteroatoms. The molecule has 0 saturated carbocycles. The zero-order valence-electron chi connectivity index (χ0n) is 19.1. The summed E-state index contributed by atoms with van der Waals surface area (Å²) in [4.78, 5) is 30.4. The first kappa shape index (κ1) is 23.7. The lowest BCUT2D eigenvalue weighted by molar-refractivity contribution is 0.0527. The third-order valence-electron chi connectivity index (χ3n) is 5.34. The summed E-state index contributed by atoms with van der Waals surface area (Å²) in [6, 6.07) is 10.5. The largest absolute Gasteiger partial charge is 0.462 e. The number of carbonyl (C=O) groups excluding carboxylic acids is 2. The monoisotopic (exact) mass is 496 g/mol. The van der Waals surface area contributed by atoms with E-state index in [1.54, 1.807) is 13.0 Å². The molecule has 4 aromatic rings. The molecule has 7 nitrogen and oxygen atoms in total. The summed E-state index contributed by atoms with van der Waals surface area (Å²) in [5, 5.41) is 8.73. The molecular weight excluding hydrogens is 475 g/mol. The van der Waals surface area contributed by atoms with Crippen molar-refractivity contribution in [2.24, 2.45) is 0 Å². The van der Waals surface area contributed by atoms with E-state index in [1.807, 2.05) is 26.8 Å². The van der Waals surface area contributed by atoms with Crippen LogP contribution in [0.1, 0.15) is 44.3 Å². The molecule has 1 N–H and O–H groups in total. The third kappa shape index (κ3) is 4.49. The molecule has 1 amide bonds. The standard InChI is InChI=1S/C25H22Cl2N4O3/c1-5-34-25(33)18-12-28-31(23(18)30-24(32)16-6-7-19(26)20(27)11-16)21-10-14(3)17-9-13(2)8-15(4)22(17)29-21/h6-12H,5H2,1-4H3,(H,30,32). The topological polar surface area (TPSA) is 86.1 Å². The number of hydrogen-bond donors (Lipinski definition) is 1. The fourth-order valence-corrected chi connectivity index (χ4v) is 4.05. The van der Waals surface area contributed by atoms with E-state index >= 15 is 0 Å². The maximum absolute atomic E-state index is 13.0. The highest BCUT2D eigenvalue weighted by Gasteiger charge is 2.23. The molecule has 0 radical (unpaired) electrons. The van der Waals surface area contributed by atoms with Gasteiger partial charge < -0.3 is 10.1 Å². The lowest BCUT2D eigenvalue weighted by atomic mass is 10.0. The molecule has 0 spiro atoms. The van der Waals surface area contributed by atoms with E-state index in [0.29, 0.717) is 10.8 Å². The molecule has 0 aliphatic heterocycles. The summed E-state index contributed by atoms with van der Waals surface area (Å²) in [5.41, 5.74) is 4.33. The number of halogens is 2. The van der Waals surface area contributed by atoms with E-state index in [2.05, 4.69) is 22.5 Å². The van der Waals surface area contributed by atoms with Crippen LogP contribution in [0.15, 0.2) is 42.6 Å². The molecule has 0 bridgehead atoms. The molecule has 0 fully saturated rings. The van der Waals surface area contributed by atoms with Crippen molar-refractivity contribution >= 4 is 51.8 Å². The van der Waals surface area contributed by atoms with Gasteiger partial charge in [-0.25, -0.2) is 9.78 Å². The third-order valence-corrected chi connectivity index (χ3v) is 6.08. The van der Waals surface area contributed by atoms with Gasteiger partial charge in [0.1, 0.15) is 5.56 Å². The van der Waals surface area contributed by atoms with E-state index < -0.39 is 11.9 Å². The SMILES string of the molecule is CCOC(=O)c1cnn(-c2cc(C)c3cc(C)cc(C)c3n2)c1NC(=O)c1ccc(Cl)c(Cl)c1. The number of esters is 1. The Morgan fingerprint density at radius 1 is 1.03 bits per heavy atom. The fraction of sp³-hybridized carbons (Fsp3) is 0.200. The highest BCUT2D eigenvalue weighted by Crippen LogP contribution is 2.28. The molecular formula is C25H22Cl2N4O3. The number of carbonyl (C=O) groups is 2. The van der Waals surface area contributed by atoms with Crippen LogP contribution >= 0.6 is 23.2 Å². The van der Waals surface area contributed by atoms with Crippen LogP contribution in [-0.4, -0.2) is 33.2 Å². The van der Waals surface area contributed by atoms with E-state index in [1.165, 1.54) is 23.0 Å². The zero-order chi connectivity index (χ0) is 24.6. The second-order valence-electron chi connectivity index (χ2n) is 7.90. The zero-order valence-corrected chi connectivity index (χ0v) is 20.6. The average Bonchev–Trinajstić information content (AvgIpc) is 3.20. The van der Waals surface area contributed by atoms with Crippen molar-refractivity contribution < 1.29 is 14.3 Å². The van der Waals surface area contributed by atoms with E-state index in [4.69, 9.17) is 32.9 Å². The van der Waals surface area contributed by atoms with Crippen LogP contribution in [0.4, 0.5) is 5.82 Å². The Labute approximate surface area is 206 Å². The number of fused-ring (bicyclic) bond motifs is 1. The Morgan fingerprint density at radius 2 is 1.79 bits per heavy atom. The number of anilines is 1. The van der Waals surface area contributed by atoms with Crippen molar-refractivity contribution in [2.45, 2.75) is 27.7 Å². The molecule has 0 aliphatic rings. The van der Waals surface area contributed by atoms with Crippen molar-refractivity contribution in [1.29, 1.82) is 0 Å². The summed E-state index contributed by atoms with van der Waals surface area (Å²) in [6.45, 7) is 7.89. The Morgan fingerprint density at radius 3 is 2.50 bits per heavy atom. The summed E-state index contributed by atoms with van der Waals surface area (Å²) >= 11 is 12.0. The first-order valence-electron chi connectivity index (χ1n) is 10.6. The predicted octanol–water partition coefficient (Wildman–Crippen LogP) is 6.08. The van der Waals surface area contributed by atoms with Crippen molar-refractivity contribution in [3.05, 3.63) is 80.5 Å². The number of hydrogen-bond acceptors (Lipinski definition) is 5. The van der Waals surface area contributed by atoms with Crippen LogP contribution in [0.5, 0.6) is 0 Å². The number of nitrogens with zero attached hydrogens (tertiary/aromatic N) is 3. The van der Waals surface area contributed by atoms with E-state index in [-0.39, 0.29) is 28.6 Å². The van der Waals surface area contributed by atoms with Gasteiger partial charge in [0.05, 0.1) is 28.4 Å². The molecule has 2 heterocycles. The highest BCUT2D eigenvalue weighted by molar-refractivity contribution is 6.42. The van der Waals surface area contributed by atoms with Crippen LogP contribution in [0.25, 0.3) is 16.7 Å². The molecule has 2 aromatic carbocycles. The Kier molecular flexibility index (Phi) is 6.59. The Balaban J connectivity index is 1.84. The number of amides is 1. The number of ether oxygens (including phenoxy) is 1. The summed E-state index contributed by atoms with van der Waals surface area (Å²) < 4.78 is 6.59. The minimum Gasteiger partial charge on any atom is -0.462 e.